The van der Waals surface area contributed by atoms with E-state index in [-0.39, 0.29) is 6.61 Å². The lowest BCUT2D eigenvalue weighted by molar-refractivity contribution is -0.211. The van der Waals surface area contributed by atoms with Crippen molar-refractivity contribution in [3.8, 4) is 0 Å². The van der Waals surface area contributed by atoms with Gasteiger partial charge in [0, 0.05) is 27.7 Å². The molecule has 0 aromatic rings. The summed E-state index contributed by atoms with van der Waals surface area (Å²) in [6.45, 7) is 4.62. The van der Waals surface area contributed by atoms with Crippen molar-refractivity contribution < 1.29 is 38.1 Å². The summed E-state index contributed by atoms with van der Waals surface area (Å²) in [6.07, 6.45) is -3.03. The maximum Gasteiger partial charge on any atom is 0.303 e. The SMILES string of the molecule is CC(=O)N[C@H]1[C@@H](OC(C)=O)[C@H](OC(C)=O)[C@@H](COC(C)=O)O[C@@H]1S. The zero-order valence-electron chi connectivity index (χ0n) is 13.8. The summed E-state index contributed by atoms with van der Waals surface area (Å²) < 4.78 is 20.9. The number of carbonyl (C=O) groups excluding carboxylic acids is 4. The van der Waals surface area contributed by atoms with E-state index in [9.17, 15) is 19.2 Å². The molecule has 5 atom stereocenters. The fraction of sp³-hybridized carbons (Fsp3) is 0.714. The highest BCUT2D eigenvalue weighted by Gasteiger charge is 2.49. The third-order valence-electron chi connectivity index (χ3n) is 3.09. The van der Waals surface area contributed by atoms with Gasteiger partial charge in [-0.3, -0.25) is 19.2 Å². The van der Waals surface area contributed by atoms with Crippen molar-refractivity contribution >= 4 is 36.4 Å². The number of hydrogen-bond donors (Lipinski definition) is 2. The molecule has 1 fully saturated rings. The molecule has 0 saturated carbocycles. The minimum Gasteiger partial charge on any atom is -0.463 e. The summed E-state index contributed by atoms with van der Waals surface area (Å²) in [5.41, 5.74) is -0.870. The van der Waals surface area contributed by atoms with Gasteiger partial charge < -0.3 is 24.3 Å². The Morgan fingerprint density at radius 3 is 1.96 bits per heavy atom. The molecule has 0 aromatic carbocycles. The third-order valence-corrected chi connectivity index (χ3v) is 3.53. The van der Waals surface area contributed by atoms with E-state index in [1.165, 1.54) is 27.7 Å². The quantitative estimate of drug-likeness (QED) is 0.384. The van der Waals surface area contributed by atoms with Crippen LogP contribution in [0.4, 0.5) is 0 Å². The Kier molecular flexibility index (Phi) is 7.49. The number of rotatable bonds is 5. The van der Waals surface area contributed by atoms with Gasteiger partial charge >= 0.3 is 17.9 Å². The molecular formula is C14H21NO8S. The molecule has 9 nitrogen and oxygen atoms in total. The first-order valence-corrected chi connectivity index (χ1v) is 7.72. The first-order chi connectivity index (χ1) is 11.1. The van der Waals surface area contributed by atoms with Crippen molar-refractivity contribution in [1.82, 2.24) is 5.32 Å². The van der Waals surface area contributed by atoms with Crippen molar-refractivity contribution in [2.24, 2.45) is 0 Å². The summed E-state index contributed by atoms with van der Waals surface area (Å²) in [7, 11) is 0. The molecule has 0 aliphatic carbocycles. The van der Waals surface area contributed by atoms with Gasteiger partial charge in [0.25, 0.3) is 0 Å². The van der Waals surface area contributed by atoms with Crippen LogP contribution in [0.15, 0.2) is 0 Å². The number of carbonyl (C=O) groups is 4. The second-order valence-electron chi connectivity index (χ2n) is 5.24. The van der Waals surface area contributed by atoms with Crippen molar-refractivity contribution in [2.45, 2.75) is 57.5 Å². The third kappa shape index (κ3) is 6.00. The largest absolute Gasteiger partial charge is 0.463 e. The van der Waals surface area contributed by atoms with Gasteiger partial charge in [0.1, 0.15) is 24.2 Å². The van der Waals surface area contributed by atoms with Crippen LogP contribution >= 0.6 is 12.6 Å². The molecule has 0 unspecified atom stereocenters. The Bertz CT molecular complexity index is 511. The van der Waals surface area contributed by atoms with Gasteiger partial charge in [0.05, 0.1) is 0 Å². The van der Waals surface area contributed by atoms with Crippen molar-refractivity contribution in [3.63, 3.8) is 0 Å². The van der Waals surface area contributed by atoms with Crippen molar-refractivity contribution in [1.29, 1.82) is 0 Å². The highest BCUT2D eigenvalue weighted by molar-refractivity contribution is 7.80. The topological polar surface area (TPSA) is 117 Å². The molecule has 136 valence electrons. The number of nitrogens with one attached hydrogen (secondary N) is 1. The predicted molar refractivity (Wildman–Crippen MR) is 83.0 cm³/mol. The monoisotopic (exact) mass is 363 g/mol. The van der Waals surface area contributed by atoms with Crippen LogP contribution in [-0.4, -0.2) is 60.2 Å². The molecule has 24 heavy (non-hydrogen) atoms. The smallest absolute Gasteiger partial charge is 0.303 e. The molecule has 1 N–H and O–H groups in total. The van der Waals surface area contributed by atoms with Crippen molar-refractivity contribution in [2.75, 3.05) is 6.61 Å². The van der Waals surface area contributed by atoms with E-state index >= 15 is 0 Å². The molecule has 1 heterocycles. The average Bonchev–Trinajstić information content (AvgIpc) is 2.42. The predicted octanol–water partition coefficient (Wildman–Crippen LogP) is -0.428. The number of esters is 3. The summed E-state index contributed by atoms with van der Waals surface area (Å²) in [6, 6.07) is -0.854. The number of hydrogen-bond acceptors (Lipinski definition) is 9. The normalized spacial score (nSPS) is 29.3. The average molecular weight is 363 g/mol. The second-order valence-corrected chi connectivity index (χ2v) is 5.75. The number of thiol groups is 1. The molecular weight excluding hydrogens is 342 g/mol. The zero-order valence-corrected chi connectivity index (χ0v) is 14.7. The van der Waals surface area contributed by atoms with Gasteiger partial charge in [-0.2, -0.15) is 0 Å². The van der Waals surface area contributed by atoms with E-state index in [0.717, 1.165) is 0 Å². The lowest BCUT2D eigenvalue weighted by Gasteiger charge is -2.43. The van der Waals surface area contributed by atoms with Crippen LogP contribution < -0.4 is 5.32 Å². The Hall–Kier alpha value is -1.81. The molecule has 0 aromatic heterocycles. The van der Waals surface area contributed by atoms with E-state index in [1.807, 2.05) is 0 Å². The van der Waals surface area contributed by atoms with Crippen LogP contribution in [0.5, 0.6) is 0 Å². The Labute approximate surface area is 144 Å². The van der Waals surface area contributed by atoms with Crippen molar-refractivity contribution in [3.05, 3.63) is 0 Å². The summed E-state index contributed by atoms with van der Waals surface area (Å²) in [5.74, 6) is -2.24. The van der Waals surface area contributed by atoms with E-state index in [1.54, 1.807) is 0 Å². The summed E-state index contributed by atoms with van der Waals surface area (Å²) in [4.78, 5) is 45.2. The van der Waals surface area contributed by atoms with Gasteiger partial charge in [-0.25, -0.2) is 0 Å². The first kappa shape index (κ1) is 20.2. The summed E-state index contributed by atoms with van der Waals surface area (Å²) in [5, 5.41) is 2.56. The van der Waals surface area contributed by atoms with E-state index in [0.29, 0.717) is 0 Å². The van der Waals surface area contributed by atoms with Gasteiger partial charge in [0.15, 0.2) is 12.2 Å². The molecule has 1 aliphatic heterocycles. The highest BCUT2D eigenvalue weighted by Crippen LogP contribution is 2.28. The van der Waals surface area contributed by atoms with Gasteiger partial charge in [-0.1, -0.05) is 0 Å². The maximum absolute atomic E-state index is 11.4. The Balaban J connectivity index is 3.11. The van der Waals surface area contributed by atoms with E-state index in [2.05, 4.69) is 17.9 Å². The Morgan fingerprint density at radius 1 is 0.958 bits per heavy atom. The second kappa shape index (κ2) is 8.88. The van der Waals surface area contributed by atoms with Crippen LogP contribution in [0.3, 0.4) is 0 Å². The van der Waals surface area contributed by atoms with Gasteiger partial charge in [-0.05, 0) is 0 Å². The molecule has 1 saturated heterocycles. The van der Waals surface area contributed by atoms with E-state index < -0.39 is 53.6 Å². The standard InChI is InChI=1S/C14H21NO8S/c1-6(16)15-11-13(22-9(4)19)12(21-8(3)18)10(23-14(11)24)5-20-7(2)17/h10-14,24H,5H2,1-4H3,(H,15,16)/t10-,11+,12-,13-,14-/m1/s1. The molecule has 0 bridgehead atoms. The fourth-order valence-corrected chi connectivity index (χ4v) is 2.71. The number of amides is 1. The zero-order chi connectivity index (χ0) is 18.4. The minimum atomic E-state index is -1.08. The number of ether oxygens (including phenoxy) is 4. The van der Waals surface area contributed by atoms with E-state index in [4.69, 9.17) is 18.9 Å². The molecule has 1 amide bonds. The minimum absolute atomic E-state index is 0.227. The lowest BCUT2D eigenvalue weighted by Crippen LogP contribution is -2.64. The van der Waals surface area contributed by atoms with Crippen LogP contribution in [0.2, 0.25) is 0 Å². The van der Waals surface area contributed by atoms with Gasteiger partial charge in [0.2, 0.25) is 5.91 Å². The summed E-state index contributed by atoms with van der Waals surface area (Å²) >= 11 is 4.24. The maximum atomic E-state index is 11.4. The molecule has 1 rings (SSSR count). The van der Waals surface area contributed by atoms with Crippen LogP contribution in [-0.2, 0) is 38.1 Å². The molecule has 0 radical (unpaired) electrons. The Morgan fingerprint density at radius 2 is 1.50 bits per heavy atom. The van der Waals surface area contributed by atoms with Gasteiger partial charge in [-0.15, -0.1) is 12.6 Å². The molecule has 0 spiro atoms. The molecule has 1 aliphatic rings. The van der Waals surface area contributed by atoms with Crippen LogP contribution in [0, 0.1) is 0 Å². The van der Waals surface area contributed by atoms with Crippen LogP contribution in [0.25, 0.3) is 0 Å². The first-order valence-electron chi connectivity index (χ1n) is 7.20. The van der Waals surface area contributed by atoms with Crippen LogP contribution in [0.1, 0.15) is 27.7 Å². The fourth-order valence-electron chi connectivity index (χ4n) is 2.31. The highest BCUT2D eigenvalue weighted by atomic mass is 32.1. The molecule has 10 heteroatoms. The lowest BCUT2D eigenvalue weighted by atomic mass is 9.97.